The van der Waals surface area contributed by atoms with Gasteiger partial charge in [-0.3, -0.25) is 4.39 Å². The maximum absolute atomic E-state index is 11.9. The topological polar surface area (TPSA) is 0 Å². The molecule has 0 N–H and O–H groups in total. The summed E-state index contributed by atoms with van der Waals surface area (Å²) in [5.74, 6) is -3.20. The molecule has 0 aliphatic heterocycles. The molecule has 4 heteroatoms. The van der Waals surface area contributed by atoms with Crippen LogP contribution in [0.25, 0.3) is 0 Å². The zero-order valence-electron chi connectivity index (χ0n) is 4.71. The molecule has 0 aromatic rings. The van der Waals surface area contributed by atoms with Crippen molar-refractivity contribution >= 4 is 0 Å². The average molecular weight is 143 g/mol. The largest absolute Gasteiger partial charge is 0.253 e. The zero-order chi connectivity index (χ0) is 7.33. The molecule has 0 unspecified atom stereocenters. The SMILES string of the molecule is F[CH]CC(F)(F)CCF. The summed E-state index contributed by atoms with van der Waals surface area (Å²) in [4.78, 5) is 0. The number of rotatable bonds is 4. The van der Waals surface area contributed by atoms with Gasteiger partial charge < -0.3 is 0 Å². The Morgan fingerprint density at radius 2 is 1.89 bits per heavy atom. The van der Waals surface area contributed by atoms with E-state index >= 15 is 0 Å². The molecule has 0 atom stereocenters. The molecule has 55 valence electrons. The normalized spacial score (nSPS) is 12.0. The van der Waals surface area contributed by atoms with Gasteiger partial charge in [-0.1, -0.05) is 0 Å². The Labute approximate surface area is 50.9 Å². The van der Waals surface area contributed by atoms with Crippen molar-refractivity contribution in [1.82, 2.24) is 0 Å². The van der Waals surface area contributed by atoms with E-state index in [1.807, 2.05) is 0 Å². The fraction of sp³-hybridized carbons (Fsp3) is 0.800. The first kappa shape index (κ1) is 8.72. The molecule has 0 aliphatic carbocycles. The van der Waals surface area contributed by atoms with Gasteiger partial charge in [-0.2, -0.15) is 0 Å². The van der Waals surface area contributed by atoms with Gasteiger partial charge in [0.1, 0.15) is 6.67 Å². The van der Waals surface area contributed by atoms with Crippen molar-refractivity contribution in [3.8, 4) is 0 Å². The minimum absolute atomic E-state index is 0.157. The van der Waals surface area contributed by atoms with Crippen LogP contribution in [0.3, 0.4) is 0 Å². The molecular weight excluding hydrogens is 136 g/mol. The van der Waals surface area contributed by atoms with Gasteiger partial charge in [-0.15, -0.1) is 0 Å². The van der Waals surface area contributed by atoms with Gasteiger partial charge in [0.15, 0.2) is 0 Å². The molecule has 0 saturated heterocycles. The minimum atomic E-state index is -3.20. The van der Waals surface area contributed by atoms with Crippen LogP contribution < -0.4 is 0 Å². The Morgan fingerprint density at radius 1 is 1.33 bits per heavy atom. The molecule has 0 bridgehead atoms. The first-order chi connectivity index (χ1) is 4.12. The van der Waals surface area contributed by atoms with Crippen LogP contribution in [0.4, 0.5) is 17.6 Å². The Morgan fingerprint density at radius 3 is 2.22 bits per heavy atom. The molecule has 9 heavy (non-hydrogen) atoms. The number of halogens is 4. The Bertz CT molecular complexity index is 63.4. The van der Waals surface area contributed by atoms with E-state index in [1.54, 1.807) is 0 Å². The zero-order valence-corrected chi connectivity index (χ0v) is 4.71. The lowest BCUT2D eigenvalue weighted by Gasteiger charge is -2.10. The maximum Gasteiger partial charge on any atom is 0.253 e. The van der Waals surface area contributed by atoms with Gasteiger partial charge in [0.2, 0.25) is 0 Å². The molecule has 0 aliphatic rings. The van der Waals surface area contributed by atoms with Gasteiger partial charge in [0.25, 0.3) is 5.92 Å². The smallest absolute Gasteiger partial charge is 0.251 e. The van der Waals surface area contributed by atoms with E-state index in [2.05, 4.69) is 0 Å². The molecule has 0 nitrogen and oxygen atoms in total. The van der Waals surface area contributed by atoms with Crippen LogP contribution in [-0.4, -0.2) is 12.6 Å². The standard InChI is InChI=1S/C5H7F4/c6-3-1-5(8,9)2-4-7/h3H,1-2,4H2. The monoisotopic (exact) mass is 143 g/mol. The van der Waals surface area contributed by atoms with E-state index in [0.29, 0.717) is 0 Å². The van der Waals surface area contributed by atoms with Crippen molar-refractivity contribution in [2.45, 2.75) is 18.8 Å². The highest BCUT2D eigenvalue weighted by molar-refractivity contribution is 4.69. The van der Waals surface area contributed by atoms with Crippen molar-refractivity contribution in [2.24, 2.45) is 0 Å². The molecule has 0 heterocycles. The maximum atomic E-state index is 11.9. The van der Waals surface area contributed by atoms with E-state index in [-0.39, 0.29) is 6.67 Å². The summed E-state index contributed by atoms with van der Waals surface area (Å²) >= 11 is 0. The molecule has 0 aromatic carbocycles. The van der Waals surface area contributed by atoms with Crippen LogP contribution in [0.15, 0.2) is 0 Å². The van der Waals surface area contributed by atoms with E-state index in [0.717, 1.165) is 0 Å². The highest BCUT2D eigenvalue weighted by atomic mass is 19.3. The van der Waals surface area contributed by atoms with E-state index < -0.39 is 25.4 Å². The predicted molar refractivity (Wildman–Crippen MR) is 25.6 cm³/mol. The first-order valence-electron chi connectivity index (χ1n) is 2.48. The molecular formula is C5H7F4. The highest BCUT2D eigenvalue weighted by Gasteiger charge is 2.27. The highest BCUT2D eigenvalue weighted by Crippen LogP contribution is 2.23. The second-order valence-electron chi connectivity index (χ2n) is 1.65. The quantitative estimate of drug-likeness (QED) is 0.530. The van der Waals surface area contributed by atoms with Gasteiger partial charge in [0.05, 0.1) is 6.67 Å². The lowest BCUT2D eigenvalue weighted by Crippen LogP contribution is -2.15. The Kier molecular flexibility index (Phi) is 3.58. The van der Waals surface area contributed by atoms with Crippen LogP contribution in [0.1, 0.15) is 12.8 Å². The summed E-state index contributed by atoms with van der Waals surface area (Å²) in [5, 5.41) is 0. The van der Waals surface area contributed by atoms with Crippen LogP contribution >= 0.6 is 0 Å². The Hall–Kier alpha value is -0.280. The third-order valence-electron chi connectivity index (χ3n) is 0.836. The third kappa shape index (κ3) is 4.24. The van der Waals surface area contributed by atoms with Crippen molar-refractivity contribution in [1.29, 1.82) is 0 Å². The summed E-state index contributed by atoms with van der Waals surface area (Å²) in [6.07, 6.45) is -1.88. The van der Waals surface area contributed by atoms with Crippen molar-refractivity contribution in [3.05, 3.63) is 6.67 Å². The van der Waals surface area contributed by atoms with Gasteiger partial charge in [0, 0.05) is 12.8 Å². The third-order valence-corrected chi connectivity index (χ3v) is 0.836. The lowest BCUT2D eigenvalue weighted by atomic mass is 10.2. The lowest BCUT2D eigenvalue weighted by molar-refractivity contribution is -0.0181. The van der Waals surface area contributed by atoms with Gasteiger partial charge in [-0.25, -0.2) is 13.2 Å². The van der Waals surface area contributed by atoms with E-state index in [1.165, 1.54) is 0 Å². The predicted octanol–water partition coefficient (Wildman–Crippen LogP) is 2.50. The summed E-state index contributed by atoms with van der Waals surface area (Å²) in [7, 11) is 0. The number of hydrogen-bond donors (Lipinski definition) is 0. The molecule has 1 radical (unpaired) electrons. The second-order valence-corrected chi connectivity index (χ2v) is 1.65. The number of alkyl halides is 3. The van der Waals surface area contributed by atoms with Crippen molar-refractivity contribution in [3.63, 3.8) is 0 Å². The van der Waals surface area contributed by atoms with E-state index in [4.69, 9.17) is 0 Å². The fourth-order valence-electron chi connectivity index (χ4n) is 0.353. The van der Waals surface area contributed by atoms with Crippen LogP contribution in [0.2, 0.25) is 0 Å². The number of hydrogen-bond acceptors (Lipinski definition) is 0. The van der Waals surface area contributed by atoms with Crippen LogP contribution in [-0.2, 0) is 0 Å². The van der Waals surface area contributed by atoms with Crippen LogP contribution in [0.5, 0.6) is 0 Å². The fourth-order valence-corrected chi connectivity index (χ4v) is 0.353. The second kappa shape index (κ2) is 3.69. The van der Waals surface area contributed by atoms with Crippen LogP contribution in [0, 0.1) is 6.67 Å². The molecule has 0 rings (SSSR count). The summed E-state index contributed by atoms with van der Waals surface area (Å²) in [5.41, 5.74) is 0. The molecule has 0 amide bonds. The molecule has 0 spiro atoms. The average Bonchev–Trinajstić information content (AvgIpc) is 1.64. The van der Waals surface area contributed by atoms with Gasteiger partial charge in [-0.05, 0) is 0 Å². The molecule has 0 aromatic heterocycles. The van der Waals surface area contributed by atoms with Crippen molar-refractivity contribution < 1.29 is 17.6 Å². The molecule has 0 fully saturated rings. The molecule has 0 saturated carbocycles. The summed E-state index contributed by atoms with van der Waals surface area (Å²) in [6.45, 7) is -1.27. The van der Waals surface area contributed by atoms with Gasteiger partial charge >= 0.3 is 0 Å². The Balaban J connectivity index is 3.43. The minimum Gasteiger partial charge on any atom is -0.251 e. The van der Waals surface area contributed by atoms with E-state index in [9.17, 15) is 17.6 Å². The summed E-state index contributed by atoms with van der Waals surface area (Å²) < 4.78 is 46.1. The summed E-state index contributed by atoms with van der Waals surface area (Å²) in [6, 6.07) is 0. The first-order valence-corrected chi connectivity index (χ1v) is 2.48. The van der Waals surface area contributed by atoms with Crippen molar-refractivity contribution in [2.75, 3.05) is 6.67 Å².